The van der Waals surface area contributed by atoms with Crippen LogP contribution in [0.4, 0.5) is 8.78 Å². The van der Waals surface area contributed by atoms with Crippen molar-refractivity contribution < 1.29 is 26.7 Å². The molecule has 1 heterocycles. The van der Waals surface area contributed by atoms with Crippen LogP contribution in [0.3, 0.4) is 0 Å². The third-order valence-electron chi connectivity index (χ3n) is 5.05. The molecule has 0 spiro atoms. The number of amides is 1. The summed E-state index contributed by atoms with van der Waals surface area (Å²) in [6.45, 7) is 5.94. The van der Waals surface area contributed by atoms with E-state index in [0.717, 1.165) is 17.7 Å². The Morgan fingerprint density at radius 1 is 1.00 bits per heavy atom. The van der Waals surface area contributed by atoms with E-state index in [2.05, 4.69) is 0 Å². The van der Waals surface area contributed by atoms with Crippen molar-refractivity contribution in [2.45, 2.75) is 31.8 Å². The molecule has 0 saturated carbocycles. The van der Waals surface area contributed by atoms with Crippen molar-refractivity contribution in [3.8, 4) is 5.75 Å². The molecule has 1 amide bonds. The molecule has 3 rings (SSSR count). The summed E-state index contributed by atoms with van der Waals surface area (Å²) in [5, 5.41) is 0. The SMILES string of the molecule is Cc1ccc(S(=O)(=O)N2CCN(C(=O)C(C)Oc3ccc(F)c(F)c3)CC2)c(C)c1. The van der Waals surface area contributed by atoms with Gasteiger partial charge in [-0.2, -0.15) is 4.31 Å². The Morgan fingerprint density at radius 2 is 1.67 bits per heavy atom. The minimum Gasteiger partial charge on any atom is -0.481 e. The molecule has 1 fully saturated rings. The van der Waals surface area contributed by atoms with Crippen LogP contribution in [0.1, 0.15) is 18.1 Å². The second-order valence-electron chi connectivity index (χ2n) is 7.33. The van der Waals surface area contributed by atoms with Gasteiger partial charge in [0.1, 0.15) is 5.75 Å². The maximum Gasteiger partial charge on any atom is 0.263 e. The number of carbonyl (C=O) groups is 1. The average molecular weight is 438 g/mol. The summed E-state index contributed by atoms with van der Waals surface area (Å²) in [5.74, 6) is -2.35. The summed E-state index contributed by atoms with van der Waals surface area (Å²) in [6.07, 6.45) is -0.919. The lowest BCUT2D eigenvalue weighted by molar-refractivity contribution is -0.139. The number of carbonyl (C=O) groups excluding carboxylic acids is 1. The number of hydrogen-bond donors (Lipinski definition) is 0. The van der Waals surface area contributed by atoms with Gasteiger partial charge in [-0.05, 0) is 44.5 Å². The van der Waals surface area contributed by atoms with Gasteiger partial charge in [0.05, 0.1) is 4.90 Å². The van der Waals surface area contributed by atoms with Gasteiger partial charge in [0.2, 0.25) is 10.0 Å². The van der Waals surface area contributed by atoms with Crippen LogP contribution in [0.25, 0.3) is 0 Å². The van der Waals surface area contributed by atoms with Gasteiger partial charge in [-0.25, -0.2) is 17.2 Å². The Kier molecular flexibility index (Phi) is 6.42. The average Bonchev–Trinajstić information content (AvgIpc) is 2.70. The second-order valence-corrected chi connectivity index (χ2v) is 9.24. The van der Waals surface area contributed by atoms with Crippen LogP contribution in [0.5, 0.6) is 5.75 Å². The van der Waals surface area contributed by atoms with Gasteiger partial charge in [-0.3, -0.25) is 4.79 Å². The molecule has 0 N–H and O–H groups in total. The van der Waals surface area contributed by atoms with Gasteiger partial charge in [0.15, 0.2) is 17.7 Å². The largest absolute Gasteiger partial charge is 0.481 e. The number of nitrogens with zero attached hydrogens (tertiary/aromatic N) is 2. The van der Waals surface area contributed by atoms with Crippen LogP contribution < -0.4 is 4.74 Å². The summed E-state index contributed by atoms with van der Waals surface area (Å²) in [7, 11) is -3.65. The number of halogens is 2. The third kappa shape index (κ3) is 4.62. The van der Waals surface area contributed by atoms with Crippen LogP contribution in [0.15, 0.2) is 41.3 Å². The monoisotopic (exact) mass is 438 g/mol. The fourth-order valence-electron chi connectivity index (χ4n) is 3.44. The molecule has 9 heteroatoms. The topological polar surface area (TPSA) is 66.9 Å². The molecule has 1 atom stereocenters. The maximum atomic E-state index is 13.3. The van der Waals surface area contributed by atoms with E-state index in [-0.39, 0.29) is 42.7 Å². The third-order valence-corrected chi connectivity index (χ3v) is 7.11. The van der Waals surface area contributed by atoms with Gasteiger partial charge < -0.3 is 9.64 Å². The highest BCUT2D eigenvalue weighted by atomic mass is 32.2. The van der Waals surface area contributed by atoms with Gasteiger partial charge in [-0.15, -0.1) is 0 Å². The lowest BCUT2D eigenvalue weighted by Crippen LogP contribution is -2.53. The van der Waals surface area contributed by atoms with Gasteiger partial charge in [-0.1, -0.05) is 17.7 Å². The molecule has 0 bridgehead atoms. The Bertz CT molecular complexity index is 1050. The first-order chi connectivity index (χ1) is 14.1. The Hall–Kier alpha value is -2.52. The molecule has 2 aromatic carbocycles. The molecule has 1 saturated heterocycles. The predicted molar refractivity (Wildman–Crippen MR) is 108 cm³/mol. The number of piperazine rings is 1. The summed E-state index contributed by atoms with van der Waals surface area (Å²) in [4.78, 5) is 14.4. The summed E-state index contributed by atoms with van der Waals surface area (Å²) in [6, 6.07) is 8.25. The molecular weight excluding hydrogens is 414 g/mol. The van der Waals surface area contributed by atoms with Crippen LogP contribution in [-0.2, 0) is 14.8 Å². The number of sulfonamides is 1. The quantitative estimate of drug-likeness (QED) is 0.720. The fourth-order valence-corrected chi connectivity index (χ4v) is 5.07. The van der Waals surface area contributed by atoms with Gasteiger partial charge in [0, 0.05) is 32.2 Å². The normalized spacial score (nSPS) is 16.4. The predicted octanol–water partition coefficient (Wildman–Crippen LogP) is 2.88. The smallest absolute Gasteiger partial charge is 0.263 e. The van der Waals surface area contributed by atoms with Crippen molar-refractivity contribution in [3.05, 3.63) is 59.2 Å². The highest BCUT2D eigenvalue weighted by molar-refractivity contribution is 7.89. The van der Waals surface area contributed by atoms with Crippen LogP contribution in [-0.4, -0.2) is 55.8 Å². The fraction of sp³-hybridized carbons (Fsp3) is 0.381. The summed E-state index contributed by atoms with van der Waals surface area (Å²) in [5.41, 5.74) is 1.67. The van der Waals surface area contributed by atoms with Crippen LogP contribution in [0, 0.1) is 25.5 Å². The molecule has 1 aliphatic heterocycles. The summed E-state index contributed by atoms with van der Waals surface area (Å²) >= 11 is 0. The highest BCUT2D eigenvalue weighted by Crippen LogP contribution is 2.23. The number of ether oxygens (including phenoxy) is 1. The summed E-state index contributed by atoms with van der Waals surface area (Å²) < 4.78 is 59.1. The van der Waals surface area contributed by atoms with Gasteiger partial charge >= 0.3 is 0 Å². The Labute approximate surface area is 175 Å². The second kappa shape index (κ2) is 8.69. The van der Waals surface area contributed by atoms with Crippen LogP contribution in [0.2, 0.25) is 0 Å². The highest BCUT2D eigenvalue weighted by Gasteiger charge is 2.32. The first-order valence-electron chi connectivity index (χ1n) is 9.57. The zero-order chi connectivity index (χ0) is 22.1. The minimum atomic E-state index is -3.65. The number of hydrogen-bond acceptors (Lipinski definition) is 4. The molecule has 2 aromatic rings. The minimum absolute atomic E-state index is 0.0470. The Morgan fingerprint density at radius 3 is 2.27 bits per heavy atom. The van der Waals surface area contributed by atoms with E-state index >= 15 is 0 Å². The van der Waals surface area contributed by atoms with Crippen molar-refractivity contribution in [1.82, 2.24) is 9.21 Å². The standard InChI is InChI=1S/C21H24F2N2O4S/c1-14-4-7-20(15(2)12-14)30(27,28)25-10-8-24(9-11-25)21(26)16(3)29-17-5-6-18(22)19(23)13-17/h4-7,12-13,16H,8-11H2,1-3H3. The molecule has 0 aromatic heterocycles. The number of rotatable bonds is 5. The van der Waals surface area contributed by atoms with Crippen molar-refractivity contribution in [3.63, 3.8) is 0 Å². The van der Waals surface area contributed by atoms with Crippen molar-refractivity contribution >= 4 is 15.9 Å². The van der Waals surface area contributed by atoms with E-state index in [1.807, 2.05) is 13.0 Å². The first-order valence-corrected chi connectivity index (χ1v) is 11.0. The molecular formula is C21H24F2N2O4S. The molecule has 0 aliphatic carbocycles. The Balaban J connectivity index is 1.62. The number of aryl methyl sites for hydroxylation is 2. The molecule has 0 radical (unpaired) electrons. The zero-order valence-electron chi connectivity index (χ0n) is 17.1. The number of benzene rings is 2. The first kappa shape index (κ1) is 22.2. The van der Waals surface area contributed by atoms with E-state index < -0.39 is 27.8 Å². The van der Waals surface area contributed by atoms with Crippen molar-refractivity contribution in [1.29, 1.82) is 0 Å². The molecule has 6 nitrogen and oxygen atoms in total. The zero-order valence-corrected chi connectivity index (χ0v) is 17.9. The van der Waals surface area contributed by atoms with Crippen LogP contribution >= 0.6 is 0 Å². The molecule has 1 aliphatic rings. The molecule has 162 valence electrons. The van der Waals surface area contributed by atoms with Gasteiger partial charge in [0.25, 0.3) is 5.91 Å². The molecule has 1 unspecified atom stereocenters. The molecule has 30 heavy (non-hydrogen) atoms. The van der Waals surface area contributed by atoms with E-state index in [4.69, 9.17) is 4.74 Å². The van der Waals surface area contributed by atoms with E-state index in [0.29, 0.717) is 5.56 Å². The van der Waals surface area contributed by atoms with E-state index in [1.54, 1.807) is 19.1 Å². The maximum absolute atomic E-state index is 13.3. The lowest BCUT2D eigenvalue weighted by atomic mass is 10.2. The van der Waals surface area contributed by atoms with E-state index in [9.17, 15) is 22.0 Å². The van der Waals surface area contributed by atoms with E-state index in [1.165, 1.54) is 22.2 Å². The van der Waals surface area contributed by atoms with Crippen molar-refractivity contribution in [2.75, 3.05) is 26.2 Å². The lowest BCUT2D eigenvalue weighted by Gasteiger charge is -2.35. The van der Waals surface area contributed by atoms with Crippen molar-refractivity contribution in [2.24, 2.45) is 0 Å².